The molecule has 16 atom stereocenters. The third-order valence-corrected chi connectivity index (χ3v) is 7.38. The zero-order valence-corrected chi connectivity index (χ0v) is 21.5. The van der Waals surface area contributed by atoms with Crippen LogP contribution in [0.3, 0.4) is 0 Å². The number of hydrogen-bond acceptors (Lipinski definition) is 16. The van der Waals surface area contributed by atoms with E-state index in [0.29, 0.717) is 0 Å². The van der Waals surface area contributed by atoms with Gasteiger partial charge in [0.05, 0.1) is 18.7 Å². The maximum Gasteiger partial charge on any atom is 0.249 e. The number of amides is 1. The number of aliphatic hydroxyl groups excluding tert-OH is 7. The molecule has 228 valence electrons. The SMILES string of the molecule is C[C@@H](N)[C@H]1O[C@@H](OC2[C@H](O[C@H]3OC(CO)[C@@H](O)[C@H](O)C3N)C(N)C[C@@H](NC(=O)[C@@H](O)CCN)[C@H]2O)[C@@H](O)C1O. The normalized spacial score (nSPS) is 46.6. The highest BCUT2D eigenvalue weighted by Gasteiger charge is 2.53. The van der Waals surface area contributed by atoms with Crippen molar-refractivity contribution in [2.24, 2.45) is 22.9 Å². The van der Waals surface area contributed by atoms with E-state index in [2.05, 4.69) is 5.32 Å². The standard InChI is InChI=1S/C22H43N5O12/c1-6(24)17-15(33)16(34)22(37-17)39-19-12(30)8(27-20(35)9(29)2-3-23)4-7(25)18(19)38-21-11(26)14(32)13(31)10(5-28)36-21/h6-19,21-22,28-34H,2-5,23-26H2,1H3,(H,27,35)/t6-,7?,8-,9+,10?,11?,12-,13-,14-,15?,16+,17-,18-,19?,21-,22+/m1/s1. The van der Waals surface area contributed by atoms with Gasteiger partial charge in [0.2, 0.25) is 5.91 Å². The number of carbonyl (C=O) groups is 1. The first kappa shape index (κ1) is 32.4. The molecule has 3 rings (SSSR count). The van der Waals surface area contributed by atoms with Gasteiger partial charge in [-0.15, -0.1) is 0 Å². The fourth-order valence-corrected chi connectivity index (χ4v) is 5.04. The molecule has 5 unspecified atom stereocenters. The number of nitrogens with one attached hydrogen (secondary N) is 1. The Morgan fingerprint density at radius 2 is 1.62 bits per heavy atom. The predicted molar refractivity (Wildman–Crippen MR) is 130 cm³/mol. The molecule has 16 N–H and O–H groups in total. The molecule has 1 amide bonds. The summed E-state index contributed by atoms with van der Waals surface area (Å²) in [5, 5.41) is 74.5. The summed E-state index contributed by atoms with van der Waals surface area (Å²) in [5.41, 5.74) is 23.6. The van der Waals surface area contributed by atoms with Gasteiger partial charge in [-0.2, -0.15) is 0 Å². The highest BCUT2D eigenvalue weighted by Crippen LogP contribution is 2.33. The van der Waals surface area contributed by atoms with E-state index in [1.54, 1.807) is 6.92 Å². The van der Waals surface area contributed by atoms with Gasteiger partial charge in [-0.25, -0.2) is 0 Å². The fourth-order valence-electron chi connectivity index (χ4n) is 5.04. The Morgan fingerprint density at radius 3 is 2.18 bits per heavy atom. The van der Waals surface area contributed by atoms with E-state index in [9.17, 15) is 40.5 Å². The lowest BCUT2D eigenvalue weighted by molar-refractivity contribution is -0.310. The molecule has 0 aromatic heterocycles. The minimum atomic E-state index is -1.57. The molecule has 0 bridgehead atoms. The maximum atomic E-state index is 12.4. The van der Waals surface area contributed by atoms with E-state index in [-0.39, 0.29) is 19.4 Å². The molecule has 0 radical (unpaired) electrons. The van der Waals surface area contributed by atoms with Gasteiger partial charge < -0.3 is 82.9 Å². The van der Waals surface area contributed by atoms with Crippen LogP contribution in [0.2, 0.25) is 0 Å². The second-order valence-corrected chi connectivity index (χ2v) is 10.4. The molecule has 2 saturated heterocycles. The van der Waals surface area contributed by atoms with Crippen LogP contribution in [0.4, 0.5) is 0 Å². The predicted octanol–water partition coefficient (Wildman–Crippen LogP) is -7.40. The molecule has 0 aromatic rings. The lowest BCUT2D eigenvalue weighted by Gasteiger charge is -2.47. The van der Waals surface area contributed by atoms with Crippen molar-refractivity contribution >= 4 is 5.91 Å². The Balaban J connectivity index is 1.85. The van der Waals surface area contributed by atoms with Crippen molar-refractivity contribution in [3.63, 3.8) is 0 Å². The van der Waals surface area contributed by atoms with Crippen LogP contribution in [0.5, 0.6) is 0 Å². The zero-order chi connectivity index (χ0) is 29.2. The molecule has 17 nitrogen and oxygen atoms in total. The average Bonchev–Trinajstić information content (AvgIpc) is 3.17. The average molecular weight is 570 g/mol. The van der Waals surface area contributed by atoms with Crippen molar-refractivity contribution in [3.05, 3.63) is 0 Å². The smallest absolute Gasteiger partial charge is 0.249 e. The van der Waals surface area contributed by atoms with Crippen LogP contribution >= 0.6 is 0 Å². The third kappa shape index (κ3) is 7.03. The maximum absolute atomic E-state index is 12.4. The molecule has 17 heteroatoms. The van der Waals surface area contributed by atoms with Gasteiger partial charge in [-0.05, 0) is 26.3 Å². The molecule has 0 aromatic carbocycles. The van der Waals surface area contributed by atoms with E-state index in [4.69, 9.17) is 41.9 Å². The molecule has 39 heavy (non-hydrogen) atoms. The van der Waals surface area contributed by atoms with Gasteiger partial charge >= 0.3 is 0 Å². The summed E-state index contributed by atoms with van der Waals surface area (Å²) in [5.74, 6) is -0.806. The fraction of sp³-hybridized carbons (Fsp3) is 0.955. The molecular weight excluding hydrogens is 526 g/mol. The largest absolute Gasteiger partial charge is 0.394 e. The molecule has 3 fully saturated rings. The molecule has 2 aliphatic heterocycles. The Bertz CT molecular complexity index is 799. The minimum absolute atomic E-state index is 0.0257. The number of rotatable bonds is 10. The summed E-state index contributed by atoms with van der Waals surface area (Å²) in [6.07, 6.45) is -17.0. The second kappa shape index (κ2) is 13.7. The highest BCUT2D eigenvalue weighted by molar-refractivity contribution is 5.80. The van der Waals surface area contributed by atoms with Crippen molar-refractivity contribution < 1.29 is 59.5 Å². The van der Waals surface area contributed by atoms with Crippen molar-refractivity contribution in [1.29, 1.82) is 0 Å². The number of nitrogens with two attached hydrogens (primary N) is 4. The Hall–Kier alpha value is -1.13. The van der Waals surface area contributed by atoms with Crippen molar-refractivity contribution in [1.82, 2.24) is 5.32 Å². The second-order valence-electron chi connectivity index (χ2n) is 10.4. The van der Waals surface area contributed by atoms with E-state index in [0.717, 1.165) is 0 Å². The van der Waals surface area contributed by atoms with Crippen LogP contribution in [-0.4, -0.2) is 153 Å². The quantitative estimate of drug-likeness (QED) is 0.116. The summed E-state index contributed by atoms with van der Waals surface area (Å²) in [7, 11) is 0. The first-order chi connectivity index (χ1) is 18.3. The van der Waals surface area contributed by atoms with Crippen LogP contribution in [0.15, 0.2) is 0 Å². The third-order valence-electron chi connectivity index (χ3n) is 7.38. The zero-order valence-electron chi connectivity index (χ0n) is 21.5. The van der Waals surface area contributed by atoms with Crippen molar-refractivity contribution in [3.8, 4) is 0 Å². The number of carbonyl (C=O) groups excluding carboxylic acids is 1. The van der Waals surface area contributed by atoms with Gasteiger partial charge in [0.1, 0.15) is 61.0 Å². The Kier molecular flexibility index (Phi) is 11.4. The molecule has 2 heterocycles. The van der Waals surface area contributed by atoms with Crippen LogP contribution in [-0.2, 0) is 23.7 Å². The number of ether oxygens (including phenoxy) is 4. The Morgan fingerprint density at radius 1 is 0.974 bits per heavy atom. The Labute approximate surface area is 224 Å². The van der Waals surface area contributed by atoms with Gasteiger partial charge in [0.15, 0.2) is 12.6 Å². The highest BCUT2D eigenvalue weighted by atomic mass is 16.7. The van der Waals surface area contributed by atoms with Crippen LogP contribution in [0.1, 0.15) is 19.8 Å². The van der Waals surface area contributed by atoms with Gasteiger partial charge in [0.25, 0.3) is 0 Å². The first-order valence-electron chi connectivity index (χ1n) is 12.9. The molecule has 1 aliphatic carbocycles. The molecule has 1 saturated carbocycles. The van der Waals surface area contributed by atoms with E-state index < -0.39 is 110 Å². The number of hydrogen-bond donors (Lipinski definition) is 12. The molecule has 0 spiro atoms. The summed E-state index contributed by atoms with van der Waals surface area (Å²) in [6.45, 7) is 0.930. The summed E-state index contributed by atoms with van der Waals surface area (Å²) >= 11 is 0. The van der Waals surface area contributed by atoms with Crippen LogP contribution in [0.25, 0.3) is 0 Å². The number of aliphatic hydroxyl groups is 7. The minimum Gasteiger partial charge on any atom is -0.394 e. The summed E-state index contributed by atoms with van der Waals surface area (Å²) < 4.78 is 22.9. The lowest BCUT2D eigenvalue weighted by atomic mass is 9.83. The monoisotopic (exact) mass is 569 g/mol. The van der Waals surface area contributed by atoms with Gasteiger partial charge in [-0.3, -0.25) is 4.79 Å². The topological polar surface area (TPSA) is 312 Å². The lowest BCUT2D eigenvalue weighted by Crippen LogP contribution is -2.69. The van der Waals surface area contributed by atoms with Crippen molar-refractivity contribution in [2.75, 3.05) is 13.2 Å². The molecular formula is C22H43N5O12. The first-order valence-corrected chi connectivity index (χ1v) is 12.9. The van der Waals surface area contributed by atoms with Crippen LogP contribution in [0, 0.1) is 0 Å². The molecule has 3 aliphatic rings. The van der Waals surface area contributed by atoms with E-state index in [1.807, 2.05) is 0 Å². The van der Waals surface area contributed by atoms with Gasteiger partial charge in [0, 0.05) is 12.1 Å². The van der Waals surface area contributed by atoms with Crippen molar-refractivity contribution in [2.45, 2.75) is 118 Å². The van der Waals surface area contributed by atoms with Crippen LogP contribution < -0.4 is 28.3 Å². The summed E-state index contributed by atoms with van der Waals surface area (Å²) in [4.78, 5) is 12.4. The van der Waals surface area contributed by atoms with E-state index >= 15 is 0 Å². The van der Waals surface area contributed by atoms with Gasteiger partial charge in [-0.1, -0.05) is 0 Å². The van der Waals surface area contributed by atoms with E-state index in [1.165, 1.54) is 0 Å². The summed E-state index contributed by atoms with van der Waals surface area (Å²) in [6, 6.07) is -4.04.